The number of amides is 2. The summed E-state index contributed by atoms with van der Waals surface area (Å²) in [7, 11) is 0. The molecule has 0 spiro atoms. The van der Waals surface area contributed by atoms with Crippen LogP contribution in [-0.4, -0.2) is 29.4 Å². The van der Waals surface area contributed by atoms with E-state index in [0.29, 0.717) is 22.7 Å². The molecule has 8 nitrogen and oxygen atoms in total. The first-order chi connectivity index (χ1) is 12.9. The van der Waals surface area contributed by atoms with Crippen LogP contribution in [0.1, 0.15) is 18.9 Å². The Morgan fingerprint density at radius 3 is 2.78 bits per heavy atom. The van der Waals surface area contributed by atoms with Gasteiger partial charge >= 0.3 is 0 Å². The number of para-hydroxylation sites is 2. The van der Waals surface area contributed by atoms with Gasteiger partial charge in [0.05, 0.1) is 16.3 Å². The summed E-state index contributed by atoms with van der Waals surface area (Å²) in [5, 5.41) is 13.7. The number of fused-ring (bicyclic) bond motifs is 1. The van der Waals surface area contributed by atoms with E-state index >= 15 is 0 Å². The molecular formula is C19H19N3O5. The summed E-state index contributed by atoms with van der Waals surface area (Å²) in [6.45, 7) is 3.16. The molecule has 1 N–H and O–H groups in total. The highest BCUT2D eigenvalue weighted by molar-refractivity contribution is 6.04. The van der Waals surface area contributed by atoms with Crippen LogP contribution in [-0.2, 0) is 9.59 Å². The molecule has 0 saturated heterocycles. The highest BCUT2D eigenvalue weighted by atomic mass is 16.6. The second kappa shape index (κ2) is 7.45. The number of nitrogens with one attached hydrogen (secondary N) is 1. The van der Waals surface area contributed by atoms with Crippen LogP contribution in [0, 0.1) is 17.0 Å². The fourth-order valence-electron chi connectivity index (χ4n) is 3.11. The van der Waals surface area contributed by atoms with Crippen molar-refractivity contribution in [3.63, 3.8) is 0 Å². The van der Waals surface area contributed by atoms with E-state index in [9.17, 15) is 19.7 Å². The molecular weight excluding hydrogens is 350 g/mol. The average molecular weight is 369 g/mol. The monoisotopic (exact) mass is 369 g/mol. The van der Waals surface area contributed by atoms with E-state index in [0.717, 1.165) is 0 Å². The molecule has 1 atom stereocenters. The number of rotatable bonds is 4. The molecule has 1 aliphatic heterocycles. The third kappa shape index (κ3) is 3.89. The number of hydrogen-bond acceptors (Lipinski definition) is 5. The first kappa shape index (κ1) is 18.4. The van der Waals surface area contributed by atoms with Gasteiger partial charge in [-0.2, -0.15) is 0 Å². The molecule has 0 radical (unpaired) electrons. The van der Waals surface area contributed by atoms with Gasteiger partial charge in [0.1, 0.15) is 5.75 Å². The van der Waals surface area contributed by atoms with E-state index in [4.69, 9.17) is 4.74 Å². The quantitative estimate of drug-likeness (QED) is 0.659. The van der Waals surface area contributed by atoms with Crippen molar-refractivity contribution < 1.29 is 19.2 Å². The van der Waals surface area contributed by atoms with E-state index in [1.807, 2.05) is 0 Å². The smallest absolute Gasteiger partial charge is 0.272 e. The van der Waals surface area contributed by atoms with Crippen LogP contribution in [0.15, 0.2) is 42.5 Å². The number of ether oxygens (including phenoxy) is 1. The number of carbonyl (C=O) groups is 2. The molecule has 140 valence electrons. The number of nitro benzene ring substituents is 1. The van der Waals surface area contributed by atoms with Gasteiger partial charge in [-0.25, -0.2) is 0 Å². The normalized spacial score (nSPS) is 16.1. The summed E-state index contributed by atoms with van der Waals surface area (Å²) in [6.07, 6.45) is 0.178. The van der Waals surface area contributed by atoms with Crippen molar-refractivity contribution in [3.05, 3.63) is 58.1 Å². The third-order valence-electron chi connectivity index (χ3n) is 4.36. The lowest BCUT2D eigenvalue weighted by Crippen LogP contribution is -2.41. The van der Waals surface area contributed by atoms with Crippen LogP contribution >= 0.6 is 0 Å². The van der Waals surface area contributed by atoms with Crippen molar-refractivity contribution in [2.75, 3.05) is 16.8 Å². The summed E-state index contributed by atoms with van der Waals surface area (Å²) >= 11 is 0. The number of nitrogens with zero attached hydrogens (tertiary/aromatic N) is 2. The first-order valence-corrected chi connectivity index (χ1v) is 8.45. The van der Waals surface area contributed by atoms with Crippen molar-refractivity contribution in [2.45, 2.75) is 26.3 Å². The second-order valence-electron chi connectivity index (χ2n) is 6.38. The molecule has 0 fully saturated rings. The lowest BCUT2D eigenvalue weighted by Gasteiger charge is -2.27. The zero-order valence-corrected chi connectivity index (χ0v) is 15.0. The first-order valence-electron chi connectivity index (χ1n) is 8.45. The molecule has 0 unspecified atom stereocenters. The molecule has 1 heterocycles. The number of nitro groups is 1. The van der Waals surface area contributed by atoms with Crippen molar-refractivity contribution in [3.8, 4) is 5.75 Å². The minimum Gasteiger partial charge on any atom is -0.484 e. The molecule has 0 bridgehead atoms. The SMILES string of the molecule is Cc1cc(OCC(=O)N2c3ccccc3NC(=O)C[C@@H]2C)ccc1[N+](=O)[O-]. The summed E-state index contributed by atoms with van der Waals surface area (Å²) in [5.41, 5.74) is 1.64. The number of anilines is 2. The molecule has 3 rings (SSSR count). The van der Waals surface area contributed by atoms with Crippen molar-refractivity contribution in [1.82, 2.24) is 0 Å². The van der Waals surface area contributed by atoms with E-state index in [1.54, 1.807) is 43.0 Å². The Kier molecular flexibility index (Phi) is 5.07. The van der Waals surface area contributed by atoms with Crippen LogP contribution in [0.4, 0.5) is 17.1 Å². The lowest BCUT2D eigenvalue weighted by molar-refractivity contribution is -0.385. The van der Waals surface area contributed by atoms with Crippen molar-refractivity contribution >= 4 is 28.9 Å². The molecule has 1 aliphatic rings. The van der Waals surface area contributed by atoms with E-state index in [-0.39, 0.29) is 36.6 Å². The maximum atomic E-state index is 12.8. The van der Waals surface area contributed by atoms with Crippen LogP contribution in [0.2, 0.25) is 0 Å². The van der Waals surface area contributed by atoms with Crippen LogP contribution < -0.4 is 15.0 Å². The minimum atomic E-state index is -0.468. The van der Waals surface area contributed by atoms with Gasteiger partial charge in [0.25, 0.3) is 11.6 Å². The van der Waals surface area contributed by atoms with Crippen molar-refractivity contribution in [2.24, 2.45) is 0 Å². The van der Waals surface area contributed by atoms with E-state index in [1.165, 1.54) is 18.2 Å². The highest BCUT2D eigenvalue weighted by Gasteiger charge is 2.29. The molecule has 8 heteroatoms. The standard InChI is InChI=1S/C19H19N3O5/c1-12-9-14(7-8-16(12)22(25)26)27-11-19(24)21-13(2)10-18(23)20-15-5-3-4-6-17(15)21/h3-9,13H,10-11H2,1-2H3,(H,20,23)/t13-/m0/s1. The maximum Gasteiger partial charge on any atom is 0.272 e. The predicted octanol–water partition coefficient (Wildman–Crippen LogP) is 3.05. The fraction of sp³-hybridized carbons (Fsp3) is 0.263. The van der Waals surface area contributed by atoms with Gasteiger partial charge in [-0.15, -0.1) is 0 Å². The average Bonchev–Trinajstić information content (AvgIpc) is 2.73. The van der Waals surface area contributed by atoms with Gasteiger partial charge in [-0.3, -0.25) is 19.7 Å². The number of aryl methyl sites for hydroxylation is 1. The Labute approximate surface area is 155 Å². The topological polar surface area (TPSA) is 102 Å². The third-order valence-corrected chi connectivity index (χ3v) is 4.36. The number of carbonyl (C=O) groups excluding carboxylic acids is 2. The summed E-state index contributed by atoms with van der Waals surface area (Å²) < 4.78 is 5.55. The Bertz CT molecular complexity index is 912. The molecule has 0 saturated carbocycles. The van der Waals surface area contributed by atoms with Crippen LogP contribution in [0.25, 0.3) is 0 Å². The summed E-state index contributed by atoms with van der Waals surface area (Å²) in [4.78, 5) is 36.8. The predicted molar refractivity (Wildman–Crippen MR) is 100.0 cm³/mol. The zero-order chi connectivity index (χ0) is 19.6. The van der Waals surface area contributed by atoms with Gasteiger partial charge in [-0.1, -0.05) is 12.1 Å². The number of hydrogen-bond donors (Lipinski definition) is 1. The van der Waals surface area contributed by atoms with Crippen LogP contribution in [0.3, 0.4) is 0 Å². The molecule has 2 aromatic carbocycles. The lowest BCUT2D eigenvalue weighted by atomic mass is 10.1. The van der Waals surface area contributed by atoms with Gasteiger partial charge in [0, 0.05) is 24.1 Å². The van der Waals surface area contributed by atoms with Crippen molar-refractivity contribution in [1.29, 1.82) is 0 Å². The molecule has 2 aromatic rings. The molecule has 0 aromatic heterocycles. The van der Waals surface area contributed by atoms with E-state index < -0.39 is 4.92 Å². The zero-order valence-electron chi connectivity index (χ0n) is 15.0. The largest absolute Gasteiger partial charge is 0.484 e. The van der Waals surface area contributed by atoms with Crippen LogP contribution in [0.5, 0.6) is 5.75 Å². The Morgan fingerprint density at radius 1 is 1.33 bits per heavy atom. The second-order valence-corrected chi connectivity index (χ2v) is 6.38. The fourth-order valence-corrected chi connectivity index (χ4v) is 3.11. The number of benzene rings is 2. The minimum absolute atomic E-state index is 0.00617. The highest BCUT2D eigenvalue weighted by Crippen LogP contribution is 2.31. The van der Waals surface area contributed by atoms with E-state index in [2.05, 4.69) is 5.32 Å². The Morgan fingerprint density at radius 2 is 2.07 bits per heavy atom. The molecule has 2 amide bonds. The summed E-state index contributed by atoms with van der Waals surface area (Å²) in [5.74, 6) is -0.0870. The Hall–Kier alpha value is -3.42. The molecule has 0 aliphatic carbocycles. The van der Waals surface area contributed by atoms with Gasteiger partial charge in [0.2, 0.25) is 5.91 Å². The van der Waals surface area contributed by atoms with Gasteiger partial charge in [-0.05, 0) is 38.1 Å². The Balaban J connectivity index is 1.78. The van der Waals surface area contributed by atoms with Gasteiger partial charge < -0.3 is 15.0 Å². The molecule has 27 heavy (non-hydrogen) atoms. The van der Waals surface area contributed by atoms with Gasteiger partial charge in [0.15, 0.2) is 6.61 Å². The maximum absolute atomic E-state index is 12.8. The summed E-state index contributed by atoms with van der Waals surface area (Å²) in [6, 6.07) is 11.1.